The number of aliphatic hydroxyl groups excluding tert-OH is 1. The Morgan fingerprint density at radius 1 is 1.11 bits per heavy atom. The molecule has 3 heteroatoms. The quantitative estimate of drug-likeness (QED) is 0.822. The van der Waals surface area contributed by atoms with Gasteiger partial charge in [-0.2, -0.15) is 0 Å². The summed E-state index contributed by atoms with van der Waals surface area (Å²) < 4.78 is 13.3. The van der Waals surface area contributed by atoms with Gasteiger partial charge in [0.05, 0.1) is 6.10 Å². The van der Waals surface area contributed by atoms with Crippen molar-refractivity contribution >= 4 is 11.6 Å². The molecule has 1 aliphatic rings. The number of benzene rings is 2. The molecule has 1 N–H and O–H groups in total. The van der Waals surface area contributed by atoms with Gasteiger partial charge in [0.15, 0.2) is 0 Å². The van der Waals surface area contributed by atoms with Crippen LogP contribution in [0, 0.1) is 5.82 Å². The van der Waals surface area contributed by atoms with Crippen LogP contribution in [-0.4, -0.2) is 5.11 Å². The van der Waals surface area contributed by atoms with Gasteiger partial charge in [0.2, 0.25) is 0 Å². The normalized spacial score (nSPS) is 21.9. The summed E-state index contributed by atoms with van der Waals surface area (Å²) in [5.74, 6) is -0.234. The molecule has 0 aliphatic heterocycles. The molecule has 2 aromatic rings. The molecule has 0 aromatic heterocycles. The standard InChI is InChI=1S/C15H12ClFO/c16-10-4-5-12-14(7-10)13(8-15(12)18)9-2-1-3-11(17)6-9/h1-7,13,15,18H,8H2/t13-,15+/m0/s1. The monoisotopic (exact) mass is 262 g/mol. The summed E-state index contributed by atoms with van der Waals surface area (Å²) in [4.78, 5) is 0. The van der Waals surface area contributed by atoms with Gasteiger partial charge in [0, 0.05) is 10.9 Å². The average molecular weight is 263 g/mol. The van der Waals surface area contributed by atoms with Gasteiger partial charge in [-0.3, -0.25) is 0 Å². The molecular weight excluding hydrogens is 251 g/mol. The molecule has 1 nitrogen and oxygen atoms in total. The lowest BCUT2D eigenvalue weighted by atomic mass is 9.93. The average Bonchev–Trinajstić information content (AvgIpc) is 2.66. The van der Waals surface area contributed by atoms with Crippen LogP contribution in [0.15, 0.2) is 42.5 Å². The maximum atomic E-state index is 13.3. The molecule has 0 spiro atoms. The Balaban J connectivity index is 2.09. The van der Waals surface area contributed by atoms with Crippen molar-refractivity contribution in [2.45, 2.75) is 18.4 Å². The molecule has 0 saturated heterocycles. The first kappa shape index (κ1) is 11.7. The van der Waals surface area contributed by atoms with Crippen molar-refractivity contribution in [2.24, 2.45) is 0 Å². The molecular formula is C15H12ClFO. The Labute approximate surface area is 110 Å². The SMILES string of the molecule is O[C@@H]1C[C@@H](c2cccc(F)c2)c2cc(Cl)ccc21. The Hall–Kier alpha value is -1.38. The fraction of sp³-hybridized carbons (Fsp3) is 0.200. The molecule has 92 valence electrons. The van der Waals surface area contributed by atoms with Crippen LogP contribution in [0.5, 0.6) is 0 Å². The van der Waals surface area contributed by atoms with Crippen LogP contribution in [0.3, 0.4) is 0 Å². The smallest absolute Gasteiger partial charge is 0.123 e. The third-order valence-electron chi connectivity index (χ3n) is 3.49. The zero-order valence-electron chi connectivity index (χ0n) is 9.61. The van der Waals surface area contributed by atoms with Crippen molar-refractivity contribution in [3.8, 4) is 0 Å². The minimum atomic E-state index is -0.495. The van der Waals surface area contributed by atoms with E-state index in [1.807, 2.05) is 18.2 Å². The molecule has 0 unspecified atom stereocenters. The number of aliphatic hydroxyl groups is 1. The van der Waals surface area contributed by atoms with E-state index in [0.29, 0.717) is 11.4 Å². The first-order chi connectivity index (χ1) is 8.65. The first-order valence-corrected chi connectivity index (χ1v) is 6.26. The molecule has 1 aliphatic carbocycles. The molecule has 3 rings (SSSR count). The van der Waals surface area contributed by atoms with Gasteiger partial charge < -0.3 is 5.11 Å². The highest BCUT2D eigenvalue weighted by atomic mass is 35.5. The highest BCUT2D eigenvalue weighted by Crippen LogP contribution is 2.44. The van der Waals surface area contributed by atoms with E-state index in [1.54, 1.807) is 12.1 Å². The van der Waals surface area contributed by atoms with Gasteiger partial charge in [-0.05, 0) is 47.4 Å². The Morgan fingerprint density at radius 2 is 1.94 bits per heavy atom. The molecule has 0 amide bonds. The van der Waals surface area contributed by atoms with E-state index in [0.717, 1.165) is 16.7 Å². The van der Waals surface area contributed by atoms with Crippen molar-refractivity contribution in [2.75, 3.05) is 0 Å². The summed E-state index contributed by atoms with van der Waals surface area (Å²) in [6, 6.07) is 12.0. The van der Waals surface area contributed by atoms with Crippen molar-refractivity contribution in [3.05, 3.63) is 70.0 Å². The van der Waals surface area contributed by atoms with Crippen LogP contribution < -0.4 is 0 Å². The summed E-state index contributed by atoms with van der Waals surface area (Å²) in [5.41, 5.74) is 2.78. The van der Waals surface area contributed by atoms with E-state index in [4.69, 9.17) is 11.6 Å². The van der Waals surface area contributed by atoms with Crippen molar-refractivity contribution in [3.63, 3.8) is 0 Å². The second-order valence-corrected chi connectivity index (χ2v) is 5.07. The molecule has 0 bridgehead atoms. The third kappa shape index (κ3) is 1.92. The highest BCUT2D eigenvalue weighted by molar-refractivity contribution is 6.30. The second kappa shape index (κ2) is 4.38. The Bertz CT molecular complexity index is 597. The zero-order chi connectivity index (χ0) is 12.7. The summed E-state index contributed by atoms with van der Waals surface area (Å²) in [6.45, 7) is 0. The zero-order valence-corrected chi connectivity index (χ0v) is 10.4. The molecule has 0 heterocycles. The van der Waals surface area contributed by atoms with Crippen LogP contribution in [-0.2, 0) is 0 Å². The van der Waals surface area contributed by atoms with Crippen LogP contribution >= 0.6 is 11.6 Å². The summed E-state index contributed by atoms with van der Waals surface area (Å²) in [7, 11) is 0. The van der Waals surface area contributed by atoms with Gasteiger partial charge in [-0.15, -0.1) is 0 Å². The Kier molecular flexibility index (Phi) is 2.84. The van der Waals surface area contributed by atoms with Crippen molar-refractivity contribution in [1.82, 2.24) is 0 Å². The number of hydrogen-bond donors (Lipinski definition) is 1. The number of halogens is 2. The van der Waals surface area contributed by atoms with E-state index in [-0.39, 0.29) is 11.7 Å². The highest BCUT2D eigenvalue weighted by Gasteiger charge is 2.30. The van der Waals surface area contributed by atoms with Gasteiger partial charge in [-0.25, -0.2) is 4.39 Å². The van der Waals surface area contributed by atoms with E-state index in [2.05, 4.69) is 0 Å². The lowest BCUT2D eigenvalue weighted by Gasteiger charge is -2.12. The fourth-order valence-corrected chi connectivity index (χ4v) is 2.85. The number of hydrogen-bond acceptors (Lipinski definition) is 1. The Morgan fingerprint density at radius 3 is 2.72 bits per heavy atom. The maximum absolute atomic E-state index is 13.3. The largest absolute Gasteiger partial charge is 0.388 e. The molecule has 2 atom stereocenters. The molecule has 0 saturated carbocycles. The molecule has 2 aromatic carbocycles. The third-order valence-corrected chi connectivity index (χ3v) is 3.73. The molecule has 18 heavy (non-hydrogen) atoms. The number of fused-ring (bicyclic) bond motifs is 1. The van der Waals surface area contributed by atoms with E-state index in [9.17, 15) is 9.50 Å². The first-order valence-electron chi connectivity index (χ1n) is 5.88. The van der Waals surface area contributed by atoms with Gasteiger partial charge in [0.1, 0.15) is 5.82 Å². The van der Waals surface area contributed by atoms with Gasteiger partial charge >= 0.3 is 0 Å². The lowest BCUT2D eigenvalue weighted by molar-refractivity contribution is 0.176. The maximum Gasteiger partial charge on any atom is 0.123 e. The predicted molar refractivity (Wildman–Crippen MR) is 69.3 cm³/mol. The second-order valence-electron chi connectivity index (χ2n) is 4.63. The molecule has 0 fully saturated rings. The molecule has 0 radical (unpaired) electrons. The van der Waals surface area contributed by atoms with Gasteiger partial charge in [-0.1, -0.05) is 29.8 Å². The van der Waals surface area contributed by atoms with E-state index in [1.165, 1.54) is 12.1 Å². The van der Waals surface area contributed by atoms with Crippen molar-refractivity contribution in [1.29, 1.82) is 0 Å². The lowest BCUT2D eigenvalue weighted by Crippen LogP contribution is -1.97. The van der Waals surface area contributed by atoms with E-state index < -0.39 is 6.10 Å². The van der Waals surface area contributed by atoms with Crippen LogP contribution in [0.1, 0.15) is 35.1 Å². The summed E-state index contributed by atoms with van der Waals surface area (Å²) in [5, 5.41) is 10.7. The van der Waals surface area contributed by atoms with Gasteiger partial charge in [0.25, 0.3) is 0 Å². The fourth-order valence-electron chi connectivity index (χ4n) is 2.67. The van der Waals surface area contributed by atoms with Crippen molar-refractivity contribution < 1.29 is 9.50 Å². The predicted octanol–water partition coefficient (Wildman–Crippen LogP) is 4.05. The van der Waals surface area contributed by atoms with E-state index >= 15 is 0 Å². The number of rotatable bonds is 1. The minimum Gasteiger partial charge on any atom is -0.388 e. The minimum absolute atomic E-state index is 0.0180. The van der Waals surface area contributed by atoms with Crippen LogP contribution in [0.25, 0.3) is 0 Å². The van der Waals surface area contributed by atoms with Crippen LogP contribution in [0.4, 0.5) is 4.39 Å². The topological polar surface area (TPSA) is 20.2 Å². The summed E-state index contributed by atoms with van der Waals surface area (Å²) in [6.07, 6.45) is 0.0876. The summed E-state index contributed by atoms with van der Waals surface area (Å²) >= 11 is 6.00. The van der Waals surface area contributed by atoms with Crippen LogP contribution in [0.2, 0.25) is 5.02 Å².